The summed E-state index contributed by atoms with van der Waals surface area (Å²) in [6, 6.07) is 4.68. The molecule has 1 aromatic carbocycles. The first-order valence-corrected chi connectivity index (χ1v) is 8.39. The van der Waals surface area contributed by atoms with Crippen LogP contribution >= 0.6 is 0 Å². The highest BCUT2D eigenvalue weighted by molar-refractivity contribution is 5.80. The number of guanidine groups is 1. The molecular weight excluding hydrogens is 336 g/mol. The molecule has 1 aliphatic rings. The van der Waals surface area contributed by atoms with Crippen molar-refractivity contribution >= 4 is 5.96 Å². The van der Waals surface area contributed by atoms with Gasteiger partial charge in [0.1, 0.15) is 11.9 Å². The minimum absolute atomic E-state index is 0.297. The molecule has 140 valence electrons. The molecule has 1 fully saturated rings. The third-order valence-electron chi connectivity index (χ3n) is 4.29. The zero-order valence-electron chi connectivity index (χ0n) is 14.5. The maximum atomic E-state index is 12.9. The van der Waals surface area contributed by atoms with Crippen LogP contribution in [0.5, 0.6) is 0 Å². The zero-order valence-corrected chi connectivity index (χ0v) is 14.5. The van der Waals surface area contributed by atoms with Crippen LogP contribution in [0.25, 0.3) is 0 Å². The predicted molar refractivity (Wildman–Crippen MR) is 89.9 cm³/mol. The molecule has 0 saturated carbocycles. The summed E-state index contributed by atoms with van der Waals surface area (Å²) in [4.78, 5) is 7.93. The SMILES string of the molecule is CCNC(=NCc1ccc(F)cc1)N1CCN(C(C)C(F)(F)F)CC1. The van der Waals surface area contributed by atoms with E-state index < -0.39 is 12.2 Å². The van der Waals surface area contributed by atoms with Crippen LogP contribution in [-0.4, -0.2) is 60.7 Å². The molecule has 2 rings (SSSR count). The minimum atomic E-state index is -4.21. The molecule has 0 bridgehead atoms. The number of halogens is 4. The van der Waals surface area contributed by atoms with Crippen LogP contribution in [-0.2, 0) is 6.54 Å². The van der Waals surface area contributed by atoms with E-state index >= 15 is 0 Å². The number of hydrogen-bond acceptors (Lipinski definition) is 2. The Labute approximate surface area is 145 Å². The van der Waals surface area contributed by atoms with Gasteiger partial charge in [0.2, 0.25) is 0 Å². The van der Waals surface area contributed by atoms with Gasteiger partial charge < -0.3 is 10.2 Å². The van der Waals surface area contributed by atoms with E-state index in [1.165, 1.54) is 24.0 Å². The molecule has 1 heterocycles. The largest absolute Gasteiger partial charge is 0.403 e. The van der Waals surface area contributed by atoms with Gasteiger partial charge in [0.15, 0.2) is 5.96 Å². The molecule has 0 aromatic heterocycles. The zero-order chi connectivity index (χ0) is 18.4. The second-order valence-electron chi connectivity index (χ2n) is 6.04. The fraction of sp³-hybridized carbons (Fsp3) is 0.588. The van der Waals surface area contributed by atoms with Crippen LogP contribution in [0.2, 0.25) is 0 Å². The number of nitrogens with one attached hydrogen (secondary N) is 1. The third-order valence-corrected chi connectivity index (χ3v) is 4.29. The molecule has 1 N–H and O–H groups in total. The van der Waals surface area contributed by atoms with Gasteiger partial charge in [-0.15, -0.1) is 0 Å². The van der Waals surface area contributed by atoms with Crippen LogP contribution in [0.4, 0.5) is 17.6 Å². The number of alkyl halides is 3. The lowest BCUT2D eigenvalue weighted by Gasteiger charge is -2.39. The highest BCUT2D eigenvalue weighted by Crippen LogP contribution is 2.25. The average Bonchev–Trinajstić information content (AvgIpc) is 2.59. The summed E-state index contributed by atoms with van der Waals surface area (Å²) in [5.41, 5.74) is 0.876. The van der Waals surface area contributed by atoms with E-state index in [-0.39, 0.29) is 5.82 Å². The molecule has 1 aliphatic heterocycles. The first kappa shape index (κ1) is 19.5. The number of nitrogens with zero attached hydrogens (tertiary/aromatic N) is 3. The molecule has 0 spiro atoms. The first-order chi connectivity index (χ1) is 11.8. The van der Waals surface area contributed by atoms with Gasteiger partial charge >= 0.3 is 6.18 Å². The molecule has 1 saturated heterocycles. The summed E-state index contributed by atoms with van der Waals surface area (Å²) >= 11 is 0. The van der Waals surface area contributed by atoms with E-state index in [9.17, 15) is 17.6 Å². The number of aliphatic imine (C=N–C) groups is 1. The van der Waals surface area contributed by atoms with Crippen LogP contribution in [0.15, 0.2) is 29.3 Å². The van der Waals surface area contributed by atoms with Crippen molar-refractivity contribution in [3.8, 4) is 0 Å². The van der Waals surface area contributed by atoms with Crippen molar-refractivity contribution in [1.29, 1.82) is 0 Å². The highest BCUT2D eigenvalue weighted by Gasteiger charge is 2.41. The van der Waals surface area contributed by atoms with E-state index in [4.69, 9.17) is 0 Å². The summed E-state index contributed by atoms with van der Waals surface area (Å²) in [7, 11) is 0. The molecular formula is C17H24F4N4. The smallest absolute Gasteiger partial charge is 0.357 e. The monoisotopic (exact) mass is 360 g/mol. The molecule has 1 unspecified atom stereocenters. The first-order valence-electron chi connectivity index (χ1n) is 8.39. The van der Waals surface area contributed by atoms with Gasteiger partial charge in [-0.2, -0.15) is 13.2 Å². The molecule has 0 aliphatic carbocycles. The van der Waals surface area contributed by atoms with E-state index in [0.29, 0.717) is 45.2 Å². The number of benzene rings is 1. The van der Waals surface area contributed by atoms with Gasteiger partial charge in [0, 0.05) is 32.7 Å². The van der Waals surface area contributed by atoms with Crippen molar-refractivity contribution in [2.45, 2.75) is 32.6 Å². The fourth-order valence-electron chi connectivity index (χ4n) is 2.71. The van der Waals surface area contributed by atoms with Gasteiger partial charge in [-0.05, 0) is 31.5 Å². The molecule has 0 amide bonds. The molecule has 1 aromatic rings. The summed E-state index contributed by atoms with van der Waals surface area (Å²) in [6.45, 7) is 5.83. The van der Waals surface area contributed by atoms with Crippen LogP contribution in [0.3, 0.4) is 0 Å². The highest BCUT2D eigenvalue weighted by atomic mass is 19.4. The minimum Gasteiger partial charge on any atom is -0.357 e. The van der Waals surface area contributed by atoms with Gasteiger partial charge in [-0.1, -0.05) is 12.1 Å². The average molecular weight is 360 g/mol. The maximum absolute atomic E-state index is 12.9. The standard InChI is InChI=1S/C17H24F4N4/c1-3-22-16(23-12-14-4-6-15(18)7-5-14)25-10-8-24(9-11-25)13(2)17(19,20)21/h4-7,13H,3,8-12H2,1-2H3,(H,22,23). The summed E-state index contributed by atoms with van der Waals surface area (Å²) in [6.07, 6.45) is -4.21. The number of piperazine rings is 1. The Morgan fingerprint density at radius 2 is 1.76 bits per heavy atom. The van der Waals surface area contributed by atoms with E-state index in [1.807, 2.05) is 11.8 Å². The lowest BCUT2D eigenvalue weighted by Crippen LogP contribution is -2.56. The normalized spacial score (nSPS) is 18.3. The van der Waals surface area contributed by atoms with Crippen molar-refractivity contribution in [3.05, 3.63) is 35.6 Å². The fourth-order valence-corrected chi connectivity index (χ4v) is 2.71. The maximum Gasteiger partial charge on any atom is 0.403 e. The Hall–Kier alpha value is -1.83. The topological polar surface area (TPSA) is 30.9 Å². The quantitative estimate of drug-likeness (QED) is 0.509. The molecule has 8 heteroatoms. The van der Waals surface area contributed by atoms with E-state index in [1.54, 1.807) is 12.1 Å². The van der Waals surface area contributed by atoms with Crippen LogP contribution < -0.4 is 5.32 Å². The Balaban J connectivity index is 1.97. The lowest BCUT2D eigenvalue weighted by atomic mass is 10.2. The van der Waals surface area contributed by atoms with Gasteiger partial charge in [-0.25, -0.2) is 9.38 Å². The van der Waals surface area contributed by atoms with Crippen molar-refractivity contribution in [1.82, 2.24) is 15.1 Å². The second kappa shape index (κ2) is 8.51. The molecule has 0 radical (unpaired) electrons. The lowest BCUT2D eigenvalue weighted by molar-refractivity contribution is -0.181. The van der Waals surface area contributed by atoms with Crippen molar-refractivity contribution < 1.29 is 17.6 Å². The van der Waals surface area contributed by atoms with Gasteiger partial charge in [-0.3, -0.25) is 4.90 Å². The molecule has 1 atom stereocenters. The predicted octanol–water partition coefficient (Wildman–Crippen LogP) is 2.86. The Morgan fingerprint density at radius 3 is 2.28 bits per heavy atom. The Morgan fingerprint density at radius 1 is 1.16 bits per heavy atom. The van der Waals surface area contributed by atoms with E-state index in [2.05, 4.69) is 10.3 Å². The van der Waals surface area contributed by atoms with Crippen molar-refractivity contribution in [2.75, 3.05) is 32.7 Å². The van der Waals surface area contributed by atoms with Crippen molar-refractivity contribution in [2.24, 2.45) is 4.99 Å². The summed E-state index contributed by atoms with van der Waals surface area (Å²) < 4.78 is 51.4. The van der Waals surface area contributed by atoms with Crippen molar-refractivity contribution in [3.63, 3.8) is 0 Å². The number of hydrogen-bond donors (Lipinski definition) is 1. The van der Waals surface area contributed by atoms with Crippen LogP contribution in [0, 0.1) is 5.82 Å². The van der Waals surface area contributed by atoms with Gasteiger partial charge in [0.05, 0.1) is 6.54 Å². The van der Waals surface area contributed by atoms with E-state index in [0.717, 1.165) is 5.56 Å². The van der Waals surface area contributed by atoms with Gasteiger partial charge in [0.25, 0.3) is 0 Å². The Kier molecular flexibility index (Phi) is 6.64. The summed E-state index contributed by atoms with van der Waals surface area (Å²) in [5, 5.41) is 3.17. The Bertz CT molecular complexity index is 563. The second-order valence-corrected chi connectivity index (χ2v) is 6.04. The number of rotatable bonds is 4. The summed E-state index contributed by atoms with van der Waals surface area (Å²) in [5.74, 6) is 0.376. The third kappa shape index (κ3) is 5.59. The molecule has 25 heavy (non-hydrogen) atoms. The van der Waals surface area contributed by atoms with Crippen LogP contribution in [0.1, 0.15) is 19.4 Å². The molecule has 4 nitrogen and oxygen atoms in total.